The van der Waals surface area contributed by atoms with E-state index in [1.165, 1.54) is 25.0 Å². The summed E-state index contributed by atoms with van der Waals surface area (Å²) in [5.41, 5.74) is -0.268. The third kappa shape index (κ3) is 9.91. The van der Waals surface area contributed by atoms with Crippen LogP contribution in [0.15, 0.2) is 53.4 Å². The van der Waals surface area contributed by atoms with Gasteiger partial charge in [-0.2, -0.15) is 31.3 Å². The Hall–Kier alpha value is -3.66. The number of nitrogens with one attached hydrogen (secondary N) is 3. The summed E-state index contributed by atoms with van der Waals surface area (Å²) in [6.07, 6.45) is -3.94. The zero-order chi connectivity index (χ0) is 32.8. The summed E-state index contributed by atoms with van der Waals surface area (Å²) in [6.45, 7) is 1.74. The lowest BCUT2D eigenvalue weighted by atomic mass is 9.82. The number of fused-ring (bicyclic) bond motifs is 1. The Kier molecular flexibility index (Phi) is 10.8. The van der Waals surface area contributed by atoms with E-state index >= 15 is 0 Å². The number of carboxylic acids is 1. The molecular formula is C29H33F6N5O4S. The Balaban J connectivity index is 0.000000591. The Morgan fingerprint density at radius 3 is 1.87 bits per heavy atom. The Morgan fingerprint density at radius 2 is 1.29 bits per heavy atom. The van der Waals surface area contributed by atoms with Gasteiger partial charge in [-0.25, -0.2) is 22.9 Å². The van der Waals surface area contributed by atoms with Gasteiger partial charge in [0.15, 0.2) is 0 Å². The SMILES string of the molecule is O=C(O)C(F)(F)F.O=S(=O)(NCC1CCC(CNc2nc(NCC3CC3)c3ccccc3n2)CC1)c1ccccc1C(F)(F)F. The fourth-order valence-electron chi connectivity index (χ4n) is 4.97. The maximum absolute atomic E-state index is 13.3. The number of halogens is 6. The quantitative estimate of drug-likeness (QED) is 0.186. The van der Waals surface area contributed by atoms with Crippen molar-refractivity contribution < 1.29 is 44.7 Å². The van der Waals surface area contributed by atoms with Gasteiger partial charge in [-0.1, -0.05) is 24.3 Å². The van der Waals surface area contributed by atoms with E-state index in [-0.39, 0.29) is 12.5 Å². The van der Waals surface area contributed by atoms with Gasteiger partial charge in [0.2, 0.25) is 16.0 Å². The third-order valence-electron chi connectivity index (χ3n) is 7.66. The fraction of sp³-hybridized carbons (Fsp3) is 0.483. The number of alkyl halides is 6. The van der Waals surface area contributed by atoms with Crippen molar-refractivity contribution in [2.45, 2.75) is 55.8 Å². The second-order valence-corrected chi connectivity index (χ2v) is 12.9. The normalized spacial score (nSPS) is 19.0. The number of aliphatic carboxylic acids is 1. The molecule has 4 N–H and O–H groups in total. The monoisotopic (exact) mass is 661 g/mol. The maximum atomic E-state index is 13.3. The van der Waals surface area contributed by atoms with Gasteiger partial charge >= 0.3 is 18.3 Å². The van der Waals surface area contributed by atoms with Gasteiger partial charge in [-0.15, -0.1) is 0 Å². The van der Waals surface area contributed by atoms with Crippen LogP contribution in [0.4, 0.5) is 38.1 Å². The number of para-hydroxylation sites is 1. The summed E-state index contributed by atoms with van der Waals surface area (Å²) in [6, 6.07) is 12.2. The van der Waals surface area contributed by atoms with E-state index in [1.807, 2.05) is 24.3 Å². The van der Waals surface area contributed by atoms with Crippen molar-refractivity contribution in [2.24, 2.45) is 17.8 Å². The molecule has 1 heterocycles. The van der Waals surface area contributed by atoms with E-state index in [2.05, 4.69) is 20.3 Å². The molecule has 2 aliphatic rings. The van der Waals surface area contributed by atoms with Gasteiger partial charge in [0, 0.05) is 25.0 Å². The predicted molar refractivity (Wildman–Crippen MR) is 155 cm³/mol. The molecule has 246 valence electrons. The molecule has 0 unspecified atom stereocenters. The van der Waals surface area contributed by atoms with E-state index in [0.29, 0.717) is 18.4 Å². The summed E-state index contributed by atoms with van der Waals surface area (Å²) in [5, 5.41) is 15.0. The van der Waals surface area contributed by atoms with E-state index < -0.39 is 38.8 Å². The molecular weight excluding hydrogens is 628 g/mol. The molecule has 5 rings (SSSR count). The van der Waals surface area contributed by atoms with Gasteiger partial charge in [-0.3, -0.25) is 0 Å². The smallest absolute Gasteiger partial charge is 0.475 e. The van der Waals surface area contributed by atoms with Crippen LogP contribution >= 0.6 is 0 Å². The number of aromatic nitrogens is 2. The van der Waals surface area contributed by atoms with Crippen LogP contribution in [-0.2, 0) is 21.0 Å². The number of carboxylic acid groups (broad SMARTS) is 1. The highest BCUT2D eigenvalue weighted by Crippen LogP contribution is 2.35. The van der Waals surface area contributed by atoms with E-state index in [4.69, 9.17) is 14.9 Å². The first-order valence-electron chi connectivity index (χ1n) is 14.3. The van der Waals surface area contributed by atoms with Crippen LogP contribution in [0.3, 0.4) is 0 Å². The first-order valence-corrected chi connectivity index (χ1v) is 15.8. The van der Waals surface area contributed by atoms with Crippen molar-refractivity contribution >= 4 is 38.7 Å². The number of sulfonamides is 1. The van der Waals surface area contributed by atoms with Gasteiger partial charge in [-0.05, 0) is 80.5 Å². The van der Waals surface area contributed by atoms with E-state index in [1.54, 1.807) is 0 Å². The number of hydrogen-bond donors (Lipinski definition) is 4. The van der Waals surface area contributed by atoms with Crippen LogP contribution in [0.25, 0.3) is 10.9 Å². The molecule has 0 saturated heterocycles. The molecule has 9 nitrogen and oxygen atoms in total. The summed E-state index contributed by atoms with van der Waals surface area (Å²) in [7, 11) is -4.27. The number of hydrogen-bond acceptors (Lipinski definition) is 7. The average Bonchev–Trinajstić information content (AvgIpc) is 3.82. The highest BCUT2D eigenvalue weighted by Gasteiger charge is 2.38. The van der Waals surface area contributed by atoms with Crippen LogP contribution in [0, 0.1) is 17.8 Å². The largest absolute Gasteiger partial charge is 0.490 e. The molecule has 1 aromatic heterocycles. The summed E-state index contributed by atoms with van der Waals surface area (Å²) in [5.74, 6) is -0.152. The second kappa shape index (κ2) is 14.2. The highest BCUT2D eigenvalue weighted by atomic mass is 32.2. The van der Waals surface area contributed by atoms with Gasteiger partial charge in [0.25, 0.3) is 0 Å². The molecule has 0 atom stereocenters. The molecule has 2 aromatic carbocycles. The lowest BCUT2D eigenvalue weighted by Crippen LogP contribution is -2.33. The van der Waals surface area contributed by atoms with Crippen molar-refractivity contribution in [1.82, 2.24) is 14.7 Å². The van der Waals surface area contributed by atoms with E-state index in [9.17, 15) is 34.8 Å². The van der Waals surface area contributed by atoms with Crippen molar-refractivity contribution in [1.29, 1.82) is 0 Å². The Morgan fingerprint density at radius 1 is 0.778 bits per heavy atom. The summed E-state index contributed by atoms with van der Waals surface area (Å²) < 4.78 is 99.2. The maximum Gasteiger partial charge on any atom is 0.490 e. The lowest BCUT2D eigenvalue weighted by Gasteiger charge is -2.29. The molecule has 0 aliphatic heterocycles. The minimum Gasteiger partial charge on any atom is -0.475 e. The Labute approximate surface area is 255 Å². The molecule has 2 fully saturated rings. The zero-order valence-corrected chi connectivity index (χ0v) is 24.8. The molecule has 3 aromatic rings. The second-order valence-electron chi connectivity index (χ2n) is 11.2. The molecule has 2 saturated carbocycles. The molecule has 45 heavy (non-hydrogen) atoms. The number of anilines is 2. The van der Waals surface area contributed by atoms with Crippen LogP contribution < -0.4 is 15.4 Å². The minimum absolute atomic E-state index is 0.0780. The number of carbonyl (C=O) groups is 1. The van der Waals surface area contributed by atoms with Crippen molar-refractivity contribution in [3.8, 4) is 0 Å². The topological polar surface area (TPSA) is 133 Å². The number of benzene rings is 2. The number of rotatable bonds is 10. The van der Waals surface area contributed by atoms with Crippen molar-refractivity contribution in [3.05, 3.63) is 54.1 Å². The predicted octanol–water partition coefficient (Wildman–Crippen LogP) is 6.30. The summed E-state index contributed by atoms with van der Waals surface area (Å²) in [4.78, 5) is 17.6. The molecule has 2 aliphatic carbocycles. The average molecular weight is 662 g/mol. The van der Waals surface area contributed by atoms with Crippen LogP contribution in [-0.4, -0.2) is 55.3 Å². The molecule has 16 heteroatoms. The van der Waals surface area contributed by atoms with Crippen molar-refractivity contribution in [3.63, 3.8) is 0 Å². The van der Waals surface area contributed by atoms with Gasteiger partial charge < -0.3 is 15.7 Å². The molecule has 0 bridgehead atoms. The fourth-order valence-corrected chi connectivity index (χ4v) is 6.31. The lowest BCUT2D eigenvalue weighted by molar-refractivity contribution is -0.192. The highest BCUT2D eigenvalue weighted by molar-refractivity contribution is 7.89. The van der Waals surface area contributed by atoms with Crippen LogP contribution in [0.2, 0.25) is 0 Å². The first-order chi connectivity index (χ1) is 21.1. The summed E-state index contributed by atoms with van der Waals surface area (Å²) >= 11 is 0. The third-order valence-corrected chi connectivity index (χ3v) is 9.14. The number of nitrogens with zero attached hydrogens (tertiary/aromatic N) is 2. The molecule has 0 amide bonds. The zero-order valence-electron chi connectivity index (χ0n) is 24.0. The molecule has 0 spiro atoms. The van der Waals surface area contributed by atoms with Crippen molar-refractivity contribution in [2.75, 3.05) is 30.3 Å². The standard InChI is InChI=1S/C27H32F3N5O2S.C2HF3O2/c28-27(29,30)22-6-2-4-8-24(22)38(36,37)33-17-20-13-11-19(12-14-20)16-32-26-34-23-7-3-1-5-21(23)25(35-26)31-15-18-9-10-18;3-2(4,5)1(6)7/h1-8,18-20,33H,9-17H2,(H2,31,32,34,35);(H,6,7). The minimum atomic E-state index is -5.08. The molecule has 0 radical (unpaired) electrons. The van der Waals surface area contributed by atoms with Crippen LogP contribution in [0.1, 0.15) is 44.1 Å². The van der Waals surface area contributed by atoms with Crippen LogP contribution in [0.5, 0.6) is 0 Å². The van der Waals surface area contributed by atoms with Gasteiger partial charge in [0.05, 0.1) is 16.0 Å². The van der Waals surface area contributed by atoms with Gasteiger partial charge in [0.1, 0.15) is 5.82 Å². The Bertz CT molecular complexity index is 1570. The van der Waals surface area contributed by atoms with E-state index in [0.717, 1.165) is 67.0 Å². The first kappa shape index (κ1) is 34.2.